The van der Waals surface area contributed by atoms with Gasteiger partial charge in [-0.1, -0.05) is 20.8 Å². The number of ketones is 1. The normalized spacial score (nSPS) is 18.9. The molecule has 80 valence electrons. The van der Waals surface area contributed by atoms with E-state index in [0.29, 0.717) is 0 Å². The Balaban J connectivity index is 2.59. The summed E-state index contributed by atoms with van der Waals surface area (Å²) in [7, 11) is 0. The molecule has 0 aromatic carbocycles. The van der Waals surface area contributed by atoms with Crippen molar-refractivity contribution in [1.29, 1.82) is 0 Å². The fourth-order valence-corrected chi connectivity index (χ4v) is 1.53. The van der Waals surface area contributed by atoms with E-state index in [1.807, 2.05) is 20.8 Å². The van der Waals surface area contributed by atoms with Crippen LogP contribution in [0.15, 0.2) is 0 Å². The Labute approximate surface area is 85.3 Å². The Morgan fingerprint density at radius 1 is 1.29 bits per heavy atom. The van der Waals surface area contributed by atoms with Crippen LogP contribution < -0.4 is 5.32 Å². The summed E-state index contributed by atoms with van der Waals surface area (Å²) in [6.07, 6.45) is 1.95. The van der Waals surface area contributed by atoms with Crippen molar-refractivity contribution in [1.82, 2.24) is 5.32 Å². The van der Waals surface area contributed by atoms with Crippen molar-refractivity contribution in [2.24, 2.45) is 11.3 Å². The Kier molecular flexibility index (Phi) is 2.98. The molecule has 1 atom stereocenters. The molecule has 1 amide bonds. The second-order valence-electron chi connectivity index (χ2n) is 5.19. The maximum Gasteiger partial charge on any atom is 0.223 e. The van der Waals surface area contributed by atoms with Crippen LogP contribution >= 0.6 is 0 Å². The van der Waals surface area contributed by atoms with Gasteiger partial charge in [0.1, 0.15) is 0 Å². The third kappa shape index (κ3) is 2.82. The molecular weight excluding hydrogens is 178 g/mol. The van der Waals surface area contributed by atoms with Crippen LogP contribution in [0, 0.1) is 11.3 Å². The van der Waals surface area contributed by atoms with Crippen LogP contribution in [0.2, 0.25) is 0 Å². The van der Waals surface area contributed by atoms with Gasteiger partial charge < -0.3 is 5.32 Å². The van der Waals surface area contributed by atoms with E-state index in [-0.39, 0.29) is 29.1 Å². The summed E-state index contributed by atoms with van der Waals surface area (Å²) in [6, 6.07) is -0.351. The van der Waals surface area contributed by atoms with Crippen LogP contribution in [0.25, 0.3) is 0 Å². The molecule has 3 heteroatoms. The van der Waals surface area contributed by atoms with Crippen molar-refractivity contribution in [2.75, 3.05) is 0 Å². The Morgan fingerprint density at radius 2 is 1.79 bits per heavy atom. The Morgan fingerprint density at radius 3 is 2.07 bits per heavy atom. The zero-order valence-corrected chi connectivity index (χ0v) is 9.39. The van der Waals surface area contributed by atoms with E-state index in [4.69, 9.17) is 0 Å². The number of carbonyl (C=O) groups excluding carboxylic acids is 2. The molecule has 0 unspecified atom stereocenters. The third-order valence-electron chi connectivity index (χ3n) is 2.51. The smallest absolute Gasteiger partial charge is 0.223 e. The van der Waals surface area contributed by atoms with E-state index in [9.17, 15) is 9.59 Å². The fraction of sp³-hybridized carbons (Fsp3) is 0.818. The lowest BCUT2D eigenvalue weighted by Gasteiger charge is -2.29. The largest absolute Gasteiger partial charge is 0.346 e. The van der Waals surface area contributed by atoms with E-state index in [1.165, 1.54) is 6.92 Å². The van der Waals surface area contributed by atoms with Gasteiger partial charge in [0.05, 0.1) is 6.04 Å². The summed E-state index contributed by atoms with van der Waals surface area (Å²) in [6.45, 7) is 7.42. The van der Waals surface area contributed by atoms with Gasteiger partial charge in [0.25, 0.3) is 0 Å². The molecule has 0 aromatic rings. The highest BCUT2D eigenvalue weighted by atomic mass is 16.2. The SMILES string of the molecule is CC(=O)[C@@H](NC(=O)C1CC1)C(C)(C)C. The zero-order valence-electron chi connectivity index (χ0n) is 9.39. The maximum absolute atomic E-state index is 11.5. The van der Waals surface area contributed by atoms with E-state index in [1.54, 1.807) is 0 Å². The lowest BCUT2D eigenvalue weighted by atomic mass is 9.84. The van der Waals surface area contributed by atoms with Gasteiger partial charge in [-0.05, 0) is 25.2 Å². The molecule has 0 spiro atoms. The first-order valence-electron chi connectivity index (χ1n) is 5.13. The van der Waals surface area contributed by atoms with Crippen molar-refractivity contribution in [3.05, 3.63) is 0 Å². The number of rotatable bonds is 3. The minimum Gasteiger partial charge on any atom is -0.346 e. The van der Waals surface area contributed by atoms with Crippen LogP contribution in [0.1, 0.15) is 40.5 Å². The van der Waals surface area contributed by atoms with Gasteiger partial charge >= 0.3 is 0 Å². The summed E-state index contributed by atoms with van der Waals surface area (Å²) >= 11 is 0. The third-order valence-corrected chi connectivity index (χ3v) is 2.51. The van der Waals surface area contributed by atoms with Gasteiger partial charge in [0, 0.05) is 5.92 Å². The average molecular weight is 197 g/mol. The Hall–Kier alpha value is -0.860. The lowest BCUT2D eigenvalue weighted by Crippen LogP contribution is -2.48. The van der Waals surface area contributed by atoms with Crippen molar-refractivity contribution in [2.45, 2.75) is 46.6 Å². The predicted octanol–water partition coefficient (Wildman–Crippen LogP) is 1.52. The Bertz CT molecular complexity index is 249. The molecule has 1 aliphatic rings. The zero-order chi connectivity index (χ0) is 10.9. The first-order chi connectivity index (χ1) is 6.32. The number of amides is 1. The maximum atomic E-state index is 11.5. The number of Topliss-reactive ketones (excluding diaryl/α,β-unsaturated/α-hetero) is 1. The van der Waals surface area contributed by atoms with Gasteiger partial charge in [-0.3, -0.25) is 9.59 Å². The highest BCUT2D eigenvalue weighted by Gasteiger charge is 2.35. The van der Waals surface area contributed by atoms with Crippen LogP contribution in [0.3, 0.4) is 0 Å². The first-order valence-corrected chi connectivity index (χ1v) is 5.13. The van der Waals surface area contributed by atoms with Crippen LogP contribution in [0.4, 0.5) is 0 Å². The fourth-order valence-electron chi connectivity index (χ4n) is 1.53. The average Bonchev–Trinajstić information content (AvgIpc) is 2.78. The molecule has 0 heterocycles. The second kappa shape index (κ2) is 3.71. The topological polar surface area (TPSA) is 46.2 Å². The van der Waals surface area contributed by atoms with Crippen molar-refractivity contribution in [3.8, 4) is 0 Å². The standard InChI is InChI=1S/C11H19NO2/c1-7(13)9(11(2,3)4)12-10(14)8-5-6-8/h8-9H,5-6H2,1-4H3,(H,12,14)/t9-/m1/s1. The molecule has 1 saturated carbocycles. The minimum atomic E-state index is -0.351. The van der Waals surface area contributed by atoms with Gasteiger partial charge in [0.15, 0.2) is 5.78 Å². The highest BCUT2D eigenvalue weighted by Crippen LogP contribution is 2.30. The number of nitrogens with one attached hydrogen (secondary N) is 1. The summed E-state index contributed by atoms with van der Waals surface area (Å²) in [5.41, 5.74) is -0.198. The summed E-state index contributed by atoms with van der Waals surface area (Å²) in [4.78, 5) is 22.9. The van der Waals surface area contributed by atoms with Gasteiger partial charge in [-0.2, -0.15) is 0 Å². The molecule has 1 N–H and O–H groups in total. The molecule has 1 rings (SSSR count). The molecule has 0 saturated heterocycles. The van der Waals surface area contributed by atoms with Crippen LogP contribution in [-0.2, 0) is 9.59 Å². The molecule has 0 aromatic heterocycles. The highest BCUT2D eigenvalue weighted by molar-refractivity contribution is 5.89. The molecule has 1 fully saturated rings. The summed E-state index contributed by atoms with van der Waals surface area (Å²) in [5.74, 6) is 0.242. The van der Waals surface area contributed by atoms with Gasteiger partial charge in [-0.15, -0.1) is 0 Å². The molecule has 1 aliphatic carbocycles. The van der Waals surface area contributed by atoms with E-state index < -0.39 is 0 Å². The predicted molar refractivity (Wildman–Crippen MR) is 54.8 cm³/mol. The molecule has 0 bridgehead atoms. The van der Waals surface area contributed by atoms with Crippen molar-refractivity contribution in [3.63, 3.8) is 0 Å². The van der Waals surface area contributed by atoms with Gasteiger partial charge in [-0.25, -0.2) is 0 Å². The number of carbonyl (C=O) groups is 2. The first kappa shape index (κ1) is 11.2. The van der Waals surface area contributed by atoms with E-state index >= 15 is 0 Å². The molecule has 3 nitrogen and oxygen atoms in total. The van der Waals surface area contributed by atoms with Crippen molar-refractivity contribution >= 4 is 11.7 Å². The summed E-state index contributed by atoms with van der Waals surface area (Å²) in [5, 5.41) is 2.83. The second-order valence-corrected chi connectivity index (χ2v) is 5.19. The monoisotopic (exact) mass is 197 g/mol. The number of hydrogen-bond acceptors (Lipinski definition) is 2. The van der Waals surface area contributed by atoms with E-state index in [0.717, 1.165) is 12.8 Å². The lowest BCUT2D eigenvalue weighted by molar-refractivity contribution is -0.129. The van der Waals surface area contributed by atoms with Crippen LogP contribution in [0.5, 0.6) is 0 Å². The quantitative estimate of drug-likeness (QED) is 0.745. The molecular formula is C11H19NO2. The molecule has 0 aliphatic heterocycles. The van der Waals surface area contributed by atoms with Crippen molar-refractivity contribution < 1.29 is 9.59 Å². The van der Waals surface area contributed by atoms with Gasteiger partial charge in [0.2, 0.25) is 5.91 Å². The molecule has 14 heavy (non-hydrogen) atoms. The van der Waals surface area contributed by atoms with Crippen LogP contribution in [-0.4, -0.2) is 17.7 Å². The minimum absolute atomic E-state index is 0.0338. The number of hydrogen-bond donors (Lipinski definition) is 1. The van der Waals surface area contributed by atoms with E-state index in [2.05, 4.69) is 5.32 Å². The summed E-state index contributed by atoms with van der Waals surface area (Å²) < 4.78 is 0. The molecule has 0 radical (unpaired) electrons.